The summed E-state index contributed by atoms with van der Waals surface area (Å²) >= 11 is 0. The van der Waals surface area contributed by atoms with Gasteiger partial charge in [-0.3, -0.25) is 10.2 Å². The van der Waals surface area contributed by atoms with Crippen molar-refractivity contribution in [3.8, 4) is 5.75 Å². The van der Waals surface area contributed by atoms with Gasteiger partial charge in [-0.05, 0) is 47.4 Å². The van der Waals surface area contributed by atoms with Crippen molar-refractivity contribution in [3.05, 3.63) is 58.7 Å². The van der Waals surface area contributed by atoms with E-state index in [1.165, 1.54) is 0 Å². The molecule has 5 heteroatoms. The van der Waals surface area contributed by atoms with Crippen molar-refractivity contribution in [2.24, 2.45) is 5.92 Å². The number of aryl methyl sites for hydroxylation is 1. The fourth-order valence-electron chi connectivity index (χ4n) is 4.86. The molecular formula is C30H43N3O2. The number of aromatic hydroxyl groups is 1. The summed E-state index contributed by atoms with van der Waals surface area (Å²) in [7, 11) is 0. The molecule has 0 aliphatic carbocycles. The van der Waals surface area contributed by atoms with Crippen LogP contribution < -0.4 is 5.62 Å². The number of fused-ring (bicyclic) bond motifs is 1. The van der Waals surface area contributed by atoms with Gasteiger partial charge in [0.2, 0.25) is 5.62 Å². The summed E-state index contributed by atoms with van der Waals surface area (Å²) in [5.41, 5.74) is 3.77. The third-order valence-electron chi connectivity index (χ3n) is 7.24. The number of para-hydroxylation sites is 2. The Bertz CT molecular complexity index is 1230. The van der Waals surface area contributed by atoms with E-state index in [2.05, 4.69) is 13.8 Å². The average molecular weight is 478 g/mol. The fraction of sp³-hybridized carbons (Fsp3) is 0.533. The van der Waals surface area contributed by atoms with Crippen molar-refractivity contribution in [3.63, 3.8) is 0 Å². The van der Waals surface area contributed by atoms with Gasteiger partial charge in [-0.15, -0.1) is 0 Å². The van der Waals surface area contributed by atoms with Crippen LogP contribution in [0.5, 0.6) is 5.75 Å². The van der Waals surface area contributed by atoms with E-state index in [4.69, 9.17) is 5.41 Å². The minimum absolute atomic E-state index is 0.0533. The number of nitrogens with one attached hydrogen (secondary N) is 1. The molecule has 0 fully saturated rings. The van der Waals surface area contributed by atoms with Gasteiger partial charge < -0.3 is 14.2 Å². The van der Waals surface area contributed by atoms with E-state index in [0.29, 0.717) is 17.1 Å². The number of phenolic OH excluding ortho intramolecular Hbond substituents is 1. The molecule has 2 aromatic carbocycles. The van der Waals surface area contributed by atoms with Crippen LogP contribution in [0.2, 0.25) is 0 Å². The zero-order valence-corrected chi connectivity index (χ0v) is 22.8. The van der Waals surface area contributed by atoms with Crippen LogP contribution in [0.25, 0.3) is 11.0 Å². The third kappa shape index (κ3) is 5.55. The molecule has 3 rings (SSSR count). The number of Topliss-reactive ketones (excluding diaryl/α,β-unsaturated/α-hetero) is 1. The van der Waals surface area contributed by atoms with Gasteiger partial charge in [0, 0.05) is 23.2 Å². The first kappa shape index (κ1) is 26.8. The van der Waals surface area contributed by atoms with Gasteiger partial charge in [0.25, 0.3) is 0 Å². The van der Waals surface area contributed by atoms with Crippen LogP contribution in [0.4, 0.5) is 0 Å². The average Bonchev–Trinajstić information content (AvgIpc) is 3.04. The number of carbonyl (C=O) groups is 1. The Balaban J connectivity index is 2.06. The van der Waals surface area contributed by atoms with Gasteiger partial charge in [0.1, 0.15) is 5.75 Å². The Morgan fingerprint density at radius 1 is 0.914 bits per heavy atom. The van der Waals surface area contributed by atoms with Crippen molar-refractivity contribution < 1.29 is 9.90 Å². The molecule has 2 N–H and O–H groups in total. The van der Waals surface area contributed by atoms with Crippen LogP contribution in [0.1, 0.15) is 96.1 Å². The van der Waals surface area contributed by atoms with Crippen LogP contribution in [-0.4, -0.2) is 20.0 Å². The topological polar surface area (TPSA) is 71.0 Å². The van der Waals surface area contributed by atoms with Crippen molar-refractivity contribution in [2.45, 2.75) is 98.6 Å². The molecule has 5 nitrogen and oxygen atoms in total. The van der Waals surface area contributed by atoms with Gasteiger partial charge >= 0.3 is 0 Å². The minimum Gasteiger partial charge on any atom is -0.507 e. The predicted molar refractivity (Wildman–Crippen MR) is 144 cm³/mol. The summed E-state index contributed by atoms with van der Waals surface area (Å²) in [4.78, 5) is 13.7. The Kier molecular flexibility index (Phi) is 7.68. The van der Waals surface area contributed by atoms with Gasteiger partial charge in [-0.1, -0.05) is 80.4 Å². The molecule has 190 valence electrons. The van der Waals surface area contributed by atoms with Crippen molar-refractivity contribution in [1.82, 2.24) is 9.13 Å². The lowest BCUT2D eigenvalue weighted by Gasteiger charge is -2.28. The molecule has 0 amide bonds. The first-order valence-electron chi connectivity index (χ1n) is 12.9. The molecule has 0 atom stereocenters. The first-order chi connectivity index (χ1) is 16.3. The van der Waals surface area contributed by atoms with Gasteiger partial charge in [-0.25, -0.2) is 0 Å². The van der Waals surface area contributed by atoms with E-state index in [0.717, 1.165) is 48.0 Å². The molecule has 0 bridgehead atoms. The number of ketones is 1. The van der Waals surface area contributed by atoms with Crippen LogP contribution in [0, 0.1) is 11.3 Å². The Morgan fingerprint density at radius 3 is 1.86 bits per heavy atom. The molecule has 3 aromatic rings. The normalized spacial score (nSPS) is 12.6. The quantitative estimate of drug-likeness (QED) is 0.345. The van der Waals surface area contributed by atoms with Crippen LogP contribution in [-0.2, 0) is 23.9 Å². The summed E-state index contributed by atoms with van der Waals surface area (Å²) in [6, 6.07) is 11.7. The van der Waals surface area contributed by atoms with Crippen LogP contribution in [0.3, 0.4) is 0 Å². The second-order valence-corrected chi connectivity index (χ2v) is 11.9. The highest BCUT2D eigenvalue weighted by molar-refractivity contribution is 5.97. The standard InChI is InChI=1S/C30H43N3O2/c1-9-20(10-2)15-16-32-24-13-11-12-14-25(24)33(28(32)31)19-26(34)21-17-22(29(3,4)5)27(35)23(18-21)30(6,7)8/h11-14,17-18,20,31,35H,9-10,15-16,19H2,1-8H3. The number of benzene rings is 2. The highest BCUT2D eigenvalue weighted by atomic mass is 16.3. The first-order valence-corrected chi connectivity index (χ1v) is 12.9. The monoisotopic (exact) mass is 477 g/mol. The largest absolute Gasteiger partial charge is 0.507 e. The Morgan fingerprint density at radius 2 is 1.40 bits per heavy atom. The number of phenols is 1. The maximum atomic E-state index is 13.7. The zero-order chi connectivity index (χ0) is 26.1. The number of nitrogens with zero attached hydrogens (tertiary/aromatic N) is 2. The molecule has 0 saturated heterocycles. The lowest BCUT2D eigenvalue weighted by molar-refractivity contribution is 0.0971. The van der Waals surface area contributed by atoms with E-state index >= 15 is 0 Å². The number of aromatic nitrogens is 2. The summed E-state index contributed by atoms with van der Waals surface area (Å²) in [6.45, 7) is 17.6. The summed E-state index contributed by atoms with van der Waals surface area (Å²) < 4.78 is 3.86. The highest BCUT2D eigenvalue weighted by Crippen LogP contribution is 2.40. The number of imidazole rings is 1. The van der Waals surface area contributed by atoms with E-state index < -0.39 is 0 Å². The van der Waals surface area contributed by atoms with E-state index in [1.807, 2.05) is 87.1 Å². The van der Waals surface area contributed by atoms with Crippen molar-refractivity contribution >= 4 is 16.8 Å². The molecule has 0 aliphatic rings. The number of hydrogen-bond donors (Lipinski definition) is 2. The highest BCUT2D eigenvalue weighted by Gasteiger charge is 2.28. The zero-order valence-electron chi connectivity index (χ0n) is 22.8. The number of hydrogen-bond acceptors (Lipinski definition) is 3. The van der Waals surface area contributed by atoms with Crippen LogP contribution in [0.15, 0.2) is 36.4 Å². The second kappa shape index (κ2) is 10.0. The van der Waals surface area contributed by atoms with Crippen molar-refractivity contribution in [1.29, 1.82) is 5.41 Å². The fourth-order valence-corrected chi connectivity index (χ4v) is 4.86. The van der Waals surface area contributed by atoms with Gasteiger partial charge in [-0.2, -0.15) is 0 Å². The summed E-state index contributed by atoms with van der Waals surface area (Å²) in [5.74, 6) is 0.852. The van der Waals surface area contributed by atoms with Crippen molar-refractivity contribution in [2.75, 3.05) is 0 Å². The Labute approximate surface area is 210 Å². The van der Waals surface area contributed by atoms with E-state index in [1.54, 1.807) is 0 Å². The molecule has 1 aromatic heterocycles. The van der Waals surface area contributed by atoms with Gasteiger partial charge in [0.05, 0.1) is 17.6 Å². The molecular weight excluding hydrogens is 434 g/mol. The molecule has 0 saturated carbocycles. The van der Waals surface area contributed by atoms with Gasteiger partial charge in [0.15, 0.2) is 5.78 Å². The second-order valence-electron chi connectivity index (χ2n) is 11.9. The molecule has 0 unspecified atom stereocenters. The Hall–Kier alpha value is -2.82. The number of carbonyl (C=O) groups excluding carboxylic acids is 1. The van der Waals surface area contributed by atoms with E-state index in [-0.39, 0.29) is 28.9 Å². The summed E-state index contributed by atoms with van der Waals surface area (Å²) in [6.07, 6.45) is 3.29. The molecule has 1 heterocycles. The lowest BCUT2D eigenvalue weighted by atomic mass is 9.78. The maximum absolute atomic E-state index is 13.7. The third-order valence-corrected chi connectivity index (χ3v) is 7.24. The lowest BCUT2D eigenvalue weighted by Crippen LogP contribution is -2.28. The molecule has 0 aliphatic heterocycles. The number of rotatable bonds is 8. The predicted octanol–water partition coefficient (Wildman–Crippen LogP) is 6.93. The smallest absolute Gasteiger partial charge is 0.203 e. The SMILES string of the molecule is CCC(CC)CCn1c(=N)n(CC(=O)c2cc(C(C)(C)C)c(O)c(C(C)(C)C)c2)c2ccccc21. The maximum Gasteiger partial charge on any atom is 0.203 e. The summed E-state index contributed by atoms with van der Waals surface area (Å²) in [5, 5.41) is 20.0. The molecule has 0 radical (unpaired) electrons. The van der Waals surface area contributed by atoms with E-state index in [9.17, 15) is 9.90 Å². The molecule has 0 spiro atoms. The van der Waals surface area contributed by atoms with Crippen LogP contribution >= 0.6 is 0 Å². The minimum atomic E-state index is -0.306. The molecule has 35 heavy (non-hydrogen) atoms.